The van der Waals surface area contributed by atoms with E-state index in [-0.39, 0.29) is 6.10 Å². The van der Waals surface area contributed by atoms with Gasteiger partial charge in [-0.25, -0.2) is 9.67 Å². The lowest BCUT2D eigenvalue weighted by Gasteiger charge is -2.33. The molecule has 1 aliphatic heterocycles. The van der Waals surface area contributed by atoms with E-state index in [1.165, 1.54) is 0 Å². The van der Waals surface area contributed by atoms with Gasteiger partial charge in [-0.15, -0.1) is 0 Å². The molecule has 0 unspecified atom stereocenters. The number of ether oxygens (including phenoxy) is 2. The molecule has 136 valence electrons. The van der Waals surface area contributed by atoms with Crippen molar-refractivity contribution in [3.63, 3.8) is 0 Å². The van der Waals surface area contributed by atoms with Gasteiger partial charge in [0, 0.05) is 37.0 Å². The summed E-state index contributed by atoms with van der Waals surface area (Å²) in [6.45, 7) is 12.0. The Morgan fingerprint density at radius 3 is 2.76 bits per heavy atom. The summed E-state index contributed by atoms with van der Waals surface area (Å²) >= 11 is 0. The molecule has 0 spiro atoms. The number of rotatable bonds is 5. The summed E-state index contributed by atoms with van der Waals surface area (Å²) in [4.78, 5) is 11.4. The fraction of sp³-hybridized carbons (Fsp3) is 0.611. The summed E-state index contributed by atoms with van der Waals surface area (Å²) in [5, 5.41) is 4.44. The minimum atomic E-state index is 0.112. The molecule has 3 rings (SSSR count). The van der Waals surface area contributed by atoms with E-state index >= 15 is 0 Å². The molecule has 1 atom stereocenters. The van der Waals surface area contributed by atoms with Crippen molar-refractivity contribution in [2.24, 2.45) is 0 Å². The Morgan fingerprint density at radius 1 is 1.28 bits per heavy atom. The molecule has 1 aliphatic rings. The Hall–Kier alpha value is -1.99. The topological polar surface area (TPSA) is 65.3 Å². The van der Waals surface area contributed by atoms with Crippen molar-refractivity contribution in [1.29, 1.82) is 0 Å². The Morgan fingerprint density at radius 2 is 2.08 bits per heavy atom. The largest absolute Gasteiger partial charge is 0.496 e. The third-order valence-electron chi connectivity index (χ3n) is 4.69. The highest BCUT2D eigenvalue weighted by molar-refractivity contribution is 5.41. The normalized spacial score (nSPS) is 18.5. The van der Waals surface area contributed by atoms with Gasteiger partial charge in [-0.3, -0.25) is 9.88 Å². The van der Waals surface area contributed by atoms with Gasteiger partial charge in [0.25, 0.3) is 0 Å². The minimum Gasteiger partial charge on any atom is -0.496 e. The molecule has 7 nitrogen and oxygen atoms in total. The third kappa shape index (κ3) is 3.99. The van der Waals surface area contributed by atoms with Crippen molar-refractivity contribution in [2.75, 3.05) is 26.8 Å². The molecule has 2 aromatic heterocycles. The number of aromatic nitrogens is 4. The van der Waals surface area contributed by atoms with Crippen LogP contribution in [0, 0.1) is 27.7 Å². The van der Waals surface area contributed by atoms with Crippen LogP contribution in [0.25, 0.3) is 0 Å². The number of hydrogen-bond acceptors (Lipinski definition) is 6. The van der Waals surface area contributed by atoms with E-state index in [9.17, 15) is 0 Å². The van der Waals surface area contributed by atoms with Gasteiger partial charge in [-0.05, 0) is 27.7 Å². The molecule has 1 fully saturated rings. The molecular weight excluding hydrogens is 318 g/mol. The lowest BCUT2D eigenvalue weighted by atomic mass is 10.1. The summed E-state index contributed by atoms with van der Waals surface area (Å²) in [6, 6.07) is 0. The monoisotopic (exact) mass is 345 g/mol. The highest BCUT2D eigenvalue weighted by Gasteiger charge is 2.23. The lowest BCUT2D eigenvalue weighted by Crippen LogP contribution is -2.44. The second-order valence-electron chi connectivity index (χ2n) is 6.66. The predicted octanol–water partition coefficient (Wildman–Crippen LogP) is 1.82. The first-order valence-corrected chi connectivity index (χ1v) is 8.69. The summed E-state index contributed by atoms with van der Waals surface area (Å²) < 4.78 is 13.4. The number of hydrogen-bond donors (Lipinski definition) is 0. The zero-order chi connectivity index (χ0) is 18.0. The smallest absolute Gasteiger partial charge is 0.147 e. The summed E-state index contributed by atoms with van der Waals surface area (Å²) in [7, 11) is 1.71. The molecule has 7 heteroatoms. The first-order valence-electron chi connectivity index (χ1n) is 8.69. The number of pyridine rings is 1. The molecule has 1 saturated heterocycles. The van der Waals surface area contributed by atoms with Crippen molar-refractivity contribution in [1.82, 2.24) is 24.6 Å². The van der Waals surface area contributed by atoms with Crippen LogP contribution < -0.4 is 4.74 Å². The van der Waals surface area contributed by atoms with E-state index in [1.807, 2.05) is 31.6 Å². The van der Waals surface area contributed by atoms with E-state index in [4.69, 9.17) is 9.47 Å². The SMILES string of the molecule is COc1c(C)cnc(CN2CCO[C@@H](Cn3nc(C)nc3C)C2)c1C. The van der Waals surface area contributed by atoms with Crippen LogP contribution in [-0.4, -0.2) is 57.6 Å². The maximum absolute atomic E-state index is 5.93. The van der Waals surface area contributed by atoms with Gasteiger partial charge in [0.1, 0.15) is 17.4 Å². The second-order valence-corrected chi connectivity index (χ2v) is 6.66. The van der Waals surface area contributed by atoms with E-state index in [2.05, 4.69) is 26.9 Å². The Balaban J connectivity index is 1.67. The standard InChI is InChI=1S/C18H27N5O2/c1-12-8-19-17(13(2)18(12)24-5)11-22-6-7-25-16(9-22)10-23-15(4)20-14(3)21-23/h8,16H,6-7,9-11H2,1-5H3/t16-/m1/s1. The van der Waals surface area contributed by atoms with Crippen LogP contribution in [0.4, 0.5) is 0 Å². The van der Waals surface area contributed by atoms with Crippen molar-refractivity contribution >= 4 is 0 Å². The van der Waals surface area contributed by atoms with Crippen molar-refractivity contribution in [3.05, 3.63) is 34.7 Å². The Labute approximate surface area is 149 Å². The van der Waals surface area contributed by atoms with E-state index < -0.39 is 0 Å². The van der Waals surface area contributed by atoms with Crippen LogP contribution in [0.1, 0.15) is 28.5 Å². The van der Waals surface area contributed by atoms with Gasteiger partial charge in [0.05, 0.1) is 32.1 Å². The van der Waals surface area contributed by atoms with Crippen LogP contribution >= 0.6 is 0 Å². The zero-order valence-electron chi connectivity index (χ0n) is 15.7. The number of morpholine rings is 1. The Bertz CT molecular complexity index is 743. The van der Waals surface area contributed by atoms with Crippen molar-refractivity contribution < 1.29 is 9.47 Å². The van der Waals surface area contributed by atoms with Gasteiger partial charge in [0.15, 0.2) is 0 Å². The third-order valence-corrected chi connectivity index (χ3v) is 4.69. The summed E-state index contributed by atoms with van der Waals surface area (Å²) in [6.07, 6.45) is 2.00. The average Bonchev–Trinajstić information content (AvgIpc) is 2.88. The zero-order valence-corrected chi connectivity index (χ0v) is 15.7. The first-order chi connectivity index (χ1) is 12.0. The van der Waals surface area contributed by atoms with Crippen LogP contribution in [0.15, 0.2) is 6.20 Å². The lowest BCUT2D eigenvalue weighted by molar-refractivity contribution is -0.0409. The highest BCUT2D eigenvalue weighted by Crippen LogP contribution is 2.25. The first kappa shape index (κ1) is 17.8. The Kier molecular flexibility index (Phi) is 5.34. The molecular formula is C18H27N5O2. The number of nitrogens with zero attached hydrogens (tertiary/aromatic N) is 5. The second kappa shape index (κ2) is 7.49. The van der Waals surface area contributed by atoms with E-state index in [0.717, 1.165) is 67.0 Å². The molecule has 2 aromatic rings. The molecule has 3 heterocycles. The van der Waals surface area contributed by atoms with Crippen LogP contribution in [0.5, 0.6) is 5.75 Å². The molecule has 0 aliphatic carbocycles. The molecule has 25 heavy (non-hydrogen) atoms. The molecule has 0 aromatic carbocycles. The van der Waals surface area contributed by atoms with Gasteiger partial charge in [-0.1, -0.05) is 0 Å². The predicted molar refractivity (Wildman–Crippen MR) is 94.8 cm³/mol. The van der Waals surface area contributed by atoms with E-state index in [1.54, 1.807) is 7.11 Å². The van der Waals surface area contributed by atoms with Gasteiger partial charge in [-0.2, -0.15) is 5.10 Å². The number of aryl methyl sites for hydroxylation is 3. The summed E-state index contributed by atoms with van der Waals surface area (Å²) in [5.74, 6) is 2.67. The van der Waals surface area contributed by atoms with Crippen molar-refractivity contribution in [2.45, 2.75) is 46.9 Å². The number of methoxy groups -OCH3 is 1. The van der Waals surface area contributed by atoms with E-state index in [0.29, 0.717) is 0 Å². The van der Waals surface area contributed by atoms with Gasteiger partial charge >= 0.3 is 0 Å². The quantitative estimate of drug-likeness (QED) is 0.823. The maximum atomic E-state index is 5.93. The molecule has 0 bridgehead atoms. The fourth-order valence-electron chi connectivity index (χ4n) is 3.40. The van der Waals surface area contributed by atoms with Gasteiger partial charge in [0.2, 0.25) is 0 Å². The molecule has 0 saturated carbocycles. The fourth-order valence-corrected chi connectivity index (χ4v) is 3.40. The van der Waals surface area contributed by atoms with Gasteiger partial charge < -0.3 is 9.47 Å². The van der Waals surface area contributed by atoms with Crippen molar-refractivity contribution in [3.8, 4) is 5.75 Å². The molecule has 0 radical (unpaired) electrons. The molecule has 0 amide bonds. The van der Waals surface area contributed by atoms with Crippen LogP contribution in [0.2, 0.25) is 0 Å². The minimum absolute atomic E-state index is 0.112. The average molecular weight is 345 g/mol. The van der Waals surface area contributed by atoms with Crippen LogP contribution in [0.3, 0.4) is 0 Å². The highest BCUT2D eigenvalue weighted by atomic mass is 16.5. The van der Waals surface area contributed by atoms with Crippen LogP contribution in [-0.2, 0) is 17.8 Å². The maximum Gasteiger partial charge on any atom is 0.147 e. The summed E-state index contributed by atoms with van der Waals surface area (Å²) in [5.41, 5.74) is 3.25. The molecule has 0 N–H and O–H groups in total.